The molecule has 0 aromatic heterocycles. The summed E-state index contributed by atoms with van der Waals surface area (Å²) in [6, 6.07) is 0.283. The summed E-state index contributed by atoms with van der Waals surface area (Å²) in [5.41, 5.74) is 0. The van der Waals surface area contributed by atoms with E-state index in [9.17, 15) is 9.59 Å². The molecule has 5 heteroatoms. The first-order valence-corrected chi connectivity index (χ1v) is 12.7. The monoisotopic (exact) mass is 433 g/mol. The maximum atomic E-state index is 12.3. The molecule has 0 spiro atoms. The van der Waals surface area contributed by atoms with Gasteiger partial charge >= 0.3 is 12.1 Å². The number of hydrogen-bond acceptors (Lipinski definition) is 4. The van der Waals surface area contributed by atoms with Crippen LogP contribution in [0.1, 0.15) is 90.4 Å². The van der Waals surface area contributed by atoms with Crippen LogP contribution in [0.4, 0.5) is 4.79 Å². The van der Waals surface area contributed by atoms with Gasteiger partial charge < -0.3 is 14.8 Å². The van der Waals surface area contributed by atoms with Crippen molar-refractivity contribution in [3.05, 3.63) is 12.7 Å². The number of rotatable bonds is 8. The van der Waals surface area contributed by atoms with E-state index < -0.39 is 0 Å². The summed E-state index contributed by atoms with van der Waals surface area (Å²) in [6.07, 6.45) is 16.8. The van der Waals surface area contributed by atoms with Gasteiger partial charge in [-0.05, 0) is 87.4 Å². The van der Waals surface area contributed by atoms with Crippen molar-refractivity contribution in [3.8, 4) is 0 Å². The third-order valence-electron chi connectivity index (χ3n) is 8.02. The maximum absolute atomic E-state index is 12.3. The van der Waals surface area contributed by atoms with Crippen molar-refractivity contribution in [2.75, 3.05) is 13.2 Å². The van der Waals surface area contributed by atoms with Crippen molar-refractivity contribution < 1.29 is 19.1 Å². The standard InChI is InChI=1S/C26H43NO4/c1-3-25(28)30-17-22-8-10-23(11-9-22)18-31-26(29)27-24-14-12-21(13-15-24)16-20-6-4-19(2)5-7-20/h3,19-24H,1,4-18H2,2H3,(H,27,29). The Morgan fingerprint density at radius 1 is 0.774 bits per heavy atom. The second-order valence-electron chi connectivity index (χ2n) is 10.5. The SMILES string of the molecule is C=CC(=O)OCC1CCC(COC(=O)NC2CCC(CC3CCC(C)CC3)CC2)CC1. The average molecular weight is 434 g/mol. The van der Waals surface area contributed by atoms with Gasteiger partial charge in [-0.3, -0.25) is 0 Å². The maximum Gasteiger partial charge on any atom is 0.407 e. The first-order chi connectivity index (χ1) is 15.0. The van der Waals surface area contributed by atoms with Crippen LogP contribution in [0.3, 0.4) is 0 Å². The molecule has 176 valence electrons. The first kappa shape index (κ1) is 24.1. The summed E-state index contributed by atoms with van der Waals surface area (Å²) in [5.74, 6) is 3.22. The number of amides is 1. The van der Waals surface area contributed by atoms with E-state index in [-0.39, 0.29) is 18.1 Å². The van der Waals surface area contributed by atoms with Gasteiger partial charge in [0, 0.05) is 12.1 Å². The second kappa shape index (κ2) is 12.5. The normalized spacial score (nSPS) is 33.8. The highest BCUT2D eigenvalue weighted by molar-refractivity contribution is 5.81. The predicted molar refractivity (Wildman–Crippen MR) is 123 cm³/mol. The summed E-state index contributed by atoms with van der Waals surface area (Å²) < 4.78 is 10.7. The Morgan fingerprint density at radius 2 is 1.26 bits per heavy atom. The van der Waals surface area contributed by atoms with E-state index in [1.54, 1.807) is 0 Å². The molecular formula is C26H43NO4. The van der Waals surface area contributed by atoms with E-state index in [0.29, 0.717) is 25.0 Å². The lowest BCUT2D eigenvalue weighted by Gasteiger charge is -2.33. The summed E-state index contributed by atoms with van der Waals surface area (Å²) in [4.78, 5) is 23.4. The highest BCUT2D eigenvalue weighted by Crippen LogP contribution is 2.37. The van der Waals surface area contributed by atoms with Gasteiger partial charge in [-0.1, -0.05) is 39.2 Å². The smallest absolute Gasteiger partial charge is 0.407 e. The quantitative estimate of drug-likeness (QED) is 0.375. The van der Waals surface area contributed by atoms with E-state index in [2.05, 4.69) is 18.8 Å². The number of hydrogen-bond donors (Lipinski definition) is 1. The minimum atomic E-state index is -0.347. The Labute approximate surface area is 188 Å². The lowest BCUT2D eigenvalue weighted by atomic mass is 9.75. The fourth-order valence-corrected chi connectivity index (χ4v) is 5.80. The van der Waals surface area contributed by atoms with Crippen LogP contribution in [0.25, 0.3) is 0 Å². The van der Waals surface area contributed by atoms with Crippen LogP contribution < -0.4 is 5.32 Å². The fourth-order valence-electron chi connectivity index (χ4n) is 5.80. The zero-order valence-corrected chi connectivity index (χ0v) is 19.5. The molecule has 0 atom stereocenters. The van der Waals surface area contributed by atoms with Crippen LogP contribution in [0.5, 0.6) is 0 Å². The van der Waals surface area contributed by atoms with E-state index in [4.69, 9.17) is 9.47 Å². The van der Waals surface area contributed by atoms with E-state index in [1.165, 1.54) is 51.0 Å². The summed E-state index contributed by atoms with van der Waals surface area (Å²) in [6.45, 7) is 6.78. The molecular weight excluding hydrogens is 390 g/mol. The topological polar surface area (TPSA) is 64.6 Å². The van der Waals surface area contributed by atoms with E-state index >= 15 is 0 Å². The third kappa shape index (κ3) is 8.50. The molecule has 0 saturated heterocycles. The van der Waals surface area contributed by atoms with Crippen molar-refractivity contribution >= 4 is 12.1 Å². The third-order valence-corrected chi connectivity index (χ3v) is 8.02. The number of carbonyl (C=O) groups is 2. The van der Waals surface area contributed by atoms with E-state index in [1.807, 2.05) is 0 Å². The lowest BCUT2D eigenvalue weighted by Crippen LogP contribution is -2.39. The molecule has 3 saturated carbocycles. The number of alkyl carbamates (subject to hydrolysis) is 1. The van der Waals surface area contributed by atoms with Gasteiger partial charge in [-0.15, -0.1) is 0 Å². The van der Waals surface area contributed by atoms with Crippen LogP contribution >= 0.6 is 0 Å². The lowest BCUT2D eigenvalue weighted by molar-refractivity contribution is -0.139. The Morgan fingerprint density at radius 3 is 1.81 bits per heavy atom. The van der Waals surface area contributed by atoms with Crippen LogP contribution in [0, 0.1) is 29.6 Å². The van der Waals surface area contributed by atoms with Gasteiger partial charge in [0.25, 0.3) is 0 Å². The minimum Gasteiger partial charge on any atom is -0.462 e. The fraction of sp³-hybridized carbons (Fsp3) is 0.846. The Bertz CT molecular complexity index is 568. The molecule has 0 aromatic carbocycles. The molecule has 3 fully saturated rings. The molecule has 0 bridgehead atoms. The molecule has 0 radical (unpaired) electrons. The summed E-state index contributed by atoms with van der Waals surface area (Å²) >= 11 is 0. The zero-order valence-electron chi connectivity index (χ0n) is 19.5. The first-order valence-electron chi connectivity index (χ1n) is 12.7. The molecule has 1 N–H and O–H groups in total. The number of ether oxygens (including phenoxy) is 2. The predicted octanol–water partition coefficient (Wildman–Crippen LogP) is 6.02. The van der Waals surface area contributed by atoms with Crippen molar-refractivity contribution in [1.29, 1.82) is 0 Å². The van der Waals surface area contributed by atoms with Crippen LogP contribution in [-0.4, -0.2) is 31.3 Å². The summed E-state index contributed by atoms with van der Waals surface area (Å²) in [7, 11) is 0. The number of nitrogens with one attached hydrogen (secondary N) is 1. The molecule has 1 amide bonds. The van der Waals surface area contributed by atoms with Crippen LogP contribution in [0.15, 0.2) is 12.7 Å². The Hall–Kier alpha value is -1.52. The van der Waals surface area contributed by atoms with Crippen LogP contribution in [0.2, 0.25) is 0 Å². The number of esters is 1. The van der Waals surface area contributed by atoms with Gasteiger partial charge in [-0.25, -0.2) is 9.59 Å². The van der Waals surface area contributed by atoms with Crippen molar-refractivity contribution in [2.24, 2.45) is 29.6 Å². The highest BCUT2D eigenvalue weighted by Gasteiger charge is 2.27. The largest absolute Gasteiger partial charge is 0.462 e. The Balaban J connectivity index is 1.23. The molecule has 3 aliphatic carbocycles. The minimum absolute atomic E-state index is 0.244. The van der Waals surface area contributed by atoms with Crippen LogP contribution in [-0.2, 0) is 14.3 Å². The number of carbonyl (C=O) groups excluding carboxylic acids is 2. The zero-order chi connectivity index (χ0) is 22.1. The van der Waals surface area contributed by atoms with Gasteiger partial charge in [-0.2, -0.15) is 0 Å². The second-order valence-corrected chi connectivity index (χ2v) is 10.5. The molecule has 0 aromatic rings. The van der Waals surface area contributed by atoms with Gasteiger partial charge in [0.2, 0.25) is 0 Å². The molecule has 3 aliphatic rings. The van der Waals surface area contributed by atoms with Crippen molar-refractivity contribution in [2.45, 2.75) is 96.4 Å². The van der Waals surface area contributed by atoms with Gasteiger partial charge in [0.15, 0.2) is 0 Å². The van der Waals surface area contributed by atoms with Crippen molar-refractivity contribution in [3.63, 3.8) is 0 Å². The van der Waals surface area contributed by atoms with E-state index in [0.717, 1.165) is 56.3 Å². The highest BCUT2D eigenvalue weighted by atomic mass is 16.5. The molecule has 3 rings (SSSR count). The molecule has 0 heterocycles. The van der Waals surface area contributed by atoms with Crippen molar-refractivity contribution in [1.82, 2.24) is 5.32 Å². The average Bonchev–Trinajstić information content (AvgIpc) is 2.79. The summed E-state index contributed by atoms with van der Waals surface area (Å²) in [5, 5.41) is 3.11. The molecule has 5 nitrogen and oxygen atoms in total. The molecule has 0 unspecified atom stereocenters. The van der Waals surface area contributed by atoms with Gasteiger partial charge in [0.1, 0.15) is 0 Å². The van der Waals surface area contributed by atoms with Gasteiger partial charge in [0.05, 0.1) is 13.2 Å². The molecule has 0 aliphatic heterocycles. The molecule has 31 heavy (non-hydrogen) atoms. The Kier molecular flexibility index (Phi) is 9.73.